The quantitative estimate of drug-likeness (QED) is 0.840. The molecule has 0 aromatic carbocycles. The van der Waals surface area contributed by atoms with Crippen LogP contribution in [0.2, 0.25) is 0 Å². The van der Waals surface area contributed by atoms with E-state index in [4.69, 9.17) is 9.84 Å². The maximum Gasteiger partial charge on any atom is 0.326 e. The minimum atomic E-state index is -1.03. The molecule has 1 rings (SSSR count). The first-order valence-corrected chi connectivity index (χ1v) is 6.00. The number of hydrogen-bond acceptors (Lipinski definition) is 4. The van der Waals surface area contributed by atoms with Gasteiger partial charge in [0.2, 0.25) is 0 Å². The molecule has 94 valence electrons. The van der Waals surface area contributed by atoms with Crippen molar-refractivity contribution in [3.8, 4) is 5.75 Å². The van der Waals surface area contributed by atoms with E-state index >= 15 is 0 Å². The molecule has 0 bridgehead atoms. The molecule has 1 aromatic heterocycles. The zero-order chi connectivity index (χ0) is 13.0. The van der Waals surface area contributed by atoms with Crippen LogP contribution in [0.15, 0.2) is 11.4 Å². The van der Waals surface area contributed by atoms with Gasteiger partial charge in [0, 0.05) is 11.4 Å². The molecule has 0 aliphatic heterocycles. The van der Waals surface area contributed by atoms with Gasteiger partial charge in [0.1, 0.15) is 11.8 Å². The van der Waals surface area contributed by atoms with Crippen molar-refractivity contribution in [3.05, 3.63) is 16.3 Å². The van der Waals surface area contributed by atoms with Crippen LogP contribution >= 0.6 is 11.3 Å². The van der Waals surface area contributed by atoms with Crippen LogP contribution in [-0.2, 0) is 4.79 Å². The van der Waals surface area contributed by atoms with Crippen LogP contribution in [-0.4, -0.2) is 30.1 Å². The molecule has 0 spiro atoms. The number of carbonyl (C=O) groups is 2. The van der Waals surface area contributed by atoms with Crippen LogP contribution in [0.5, 0.6) is 5.75 Å². The summed E-state index contributed by atoms with van der Waals surface area (Å²) in [6.07, 6.45) is 0. The first-order chi connectivity index (χ1) is 7.95. The van der Waals surface area contributed by atoms with Crippen molar-refractivity contribution < 1.29 is 19.4 Å². The van der Waals surface area contributed by atoms with E-state index in [9.17, 15) is 9.59 Å². The van der Waals surface area contributed by atoms with Gasteiger partial charge in [0.05, 0.1) is 12.0 Å². The van der Waals surface area contributed by atoms with Crippen LogP contribution in [0, 0.1) is 5.92 Å². The maximum atomic E-state index is 11.8. The summed E-state index contributed by atoms with van der Waals surface area (Å²) in [4.78, 5) is 23.1. The second-order valence-corrected chi connectivity index (χ2v) is 4.80. The summed E-state index contributed by atoms with van der Waals surface area (Å²) < 4.78 is 4.96. The number of amides is 1. The summed E-state index contributed by atoms with van der Waals surface area (Å²) in [6.45, 7) is 3.49. The number of carboxylic acid groups (broad SMARTS) is 1. The van der Waals surface area contributed by atoms with E-state index in [1.54, 1.807) is 25.3 Å². The van der Waals surface area contributed by atoms with Crippen LogP contribution in [0.1, 0.15) is 23.5 Å². The Morgan fingerprint density at radius 2 is 2.12 bits per heavy atom. The van der Waals surface area contributed by atoms with Gasteiger partial charge in [0.15, 0.2) is 0 Å². The summed E-state index contributed by atoms with van der Waals surface area (Å²) in [7, 11) is 1.51. The summed E-state index contributed by atoms with van der Waals surface area (Å²) >= 11 is 1.22. The van der Waals surface area contributed by atoms with Crippen molar-refractivity contribution in [2.24, 2.45) is 5.92 Å². The van der Waals surface area contributed by atoms with E-state index < -0.39 is 12.0 Å². The summed E-state index contributed by atoms with van der Waals surface area (Å²) in [5, 5.41) is 13.1. The minimum Gasteiger partial charge on any atom is -0.496 e. The van der Waals surface area contributed by atoms with Gasteiger partial charge in [-0.05, 0) is 5.92 Å². The Bertz CT molecular complexity index is 413. The maximum absolute atomic E-state index is 11.8. The van der Waals surface area contributed by atoms with E-state index in [-0.39, 0.29) is 11.8 Å². The molecular weight excluding hydrogens is 242 g/mol. The molecule has 2 N–H and O–H groups in total. The Morgan fingerprint density at radius 3 is 2.53 bits per heavy atom. The summed E-state index contributed by atoms with van der Waals surface area (Å²) in [6, 6.07) is 0.703. The number of aliphatic carboxylic acids is 1. The highest BCUT2D eigenvalue weighted by Crippen LogP contribution is 2.21. The van der Waals surface area contributed by atoms with Gasteiger partial charge in [-0.3, -0.25) is 4.79 Å². The third kappa shape index (κ3) is 3.45. The van der Waals surface area contributed by atoms with E-state index in [0.717, 1.165) is 0 Å². The van der Waals surface area contributed by atoms with Crippen molar-refractivity contribution in [2.45, 2.75) is 19.9 Å². The molecule has 1 aromatic rings. The second kappa shape index (κ2) is 5.67. The molecule has 0 saturated carbocycles. The molecule has 5 nitrogen and oxygen atoms in total. The monoisotopic (exact) mass is 257 g/mol. The van der Waals surface area contributed by atoms with Crippen LogP contribution in [0.4, 0.5) is 0 Å². The average molecular weight is 257 g/mol. The van der Waals surface area contributed by atoms with Crippen molar-refractivity contribution in [1.29, 1.82) is 0 Å². The van der Waals surface area contributed by atoms with Crippen molar-refractivity contribution in [1.82, 2.24) is 5.32 Å². The third-order valence-electron chi connectivity index (χ3n) is 2.25. The van der Waals surface area contributed by atoms with Gasteiger partial charge in [-0.15, -0.1) is 11.3 Å². The van der Waals surface area contributed by atoms with Gasteiger partial charge in [-0.25, -0.2) is 4.79 Å². The molecule has 1 atom stereocenters. The highest BCUT2D eigenvalue weighted by Gasteiger charge is 2.24. The van der Waals surface area contributed by atoms with Gasteiger partial charge >= 0.3 is 5.97 Å². The van der Waals surface area contributed by atoms with E-state index in [1.807, 2.05) is 0 Å². The standard InChI is InChI=1S/C11H15NO4S/c1-6(2)9(11(14)15)12-10(13)8-4-7(16-3)5-17-8/h4-6,9H,1-3H3,(H,12,13)(H,14,15). The fourth-order valence-electron chi connectivity index (χ4n) is 1.27. The lowest BCUT2D eigenvalue weighted by molar-refractivity contribution is -0.140. The molecule has 0 aliphatic rings. The zero-order valence-electron chi connectivity index (χ0n) is 9.89. The second-order valence-electron chi connectivity index (χ2n) is 3.88. The molecule has 1 unspecified atom stereocenters. The number of rotatable bonds is 5. The molecule has 0 saturated heterocycles. The predicted molar refractivity (Wildman–Crippen MR) is 64.6 cm³/mol. The number of ether oxygens (including phenoxy) is 1. The van der Waals surface area contributed by atoms with Crippen molar-refractivity contribution in [3.63, 3.8) is 0 Å². The summed E-state index contributed by atoms with van der Waals surface area (Å²) in [5.41, 5.74) is 0. The lowest BCUT2D eigenvalue weighted by Gasteiger charge is -2.17. The number of carboxylic acids is 1. The molecule has 0 radical (unpaired) electrons. The van der Waals surface area contributed by atoms with Gasteiger partial charge in [-0.1, -0.05) is 13.8 Å². The SMILES string of the molecule is COc1csc(C(=O)NC(C(=O)O)C(C)C)c1. The molecule has 17 heavy (non-hydrogen) atoms. The van der Waals surface area contributed by atoms with Crippen LogP contribution in [0.25, 0.3) is 0 Å². The first kappa shape index (κ1) is 13.5. The summed E-state index contributed by atoms with van der Waals surface area (Å²) in [5.74, 6) is -0.994. The number of nitrogens with one attached hydrogen (secondary N) is 1. The minimum absolute atomic E-state index is 0.168. The van der Waals surface area contributed by atoms with Gasteiger partial charge in [-0.2, -0.15) is 0 Å². The average Bonchev–Trinajstić information content (AvgIpc) is 2.73. The van der Waals surface area contributed by atoms with Crippen LogP contribution in [0.3, 0.4) is 0 Å². The zero-order valence-corrected chi connectivity index (χ0v) is 10.7. The predicted octanol–water partition coefficient (Wildman–Crippen LogP) is 1.60. The first-order valence-electron chi connectivity index (χ1n) is 5.12. The topological polar surface area (TPSA) is 75.6 Å². The van der Waals surface area contributed by atoms with E-state index in [0.29, 0.717) is 10.6 Å². The van der Waals surface area contributed by atoms with E-state index in [1.165, 1.54) is 18.4 Å². The largest absolute Gasteiger partial charge is 0.496 e. The number of carbonyl (C=O) groups excluding carboxylic acids is 1. The highest BCUT2D eigenvalue weighted by atomic mass is 32.1. The molecule has 1 amide bonds. The third-order valence-corrected chi connectivity index (χ3v) is 3.16. The molecular formula is C11H15NO4S. The van der Waals surface area contributed by atoms with Crippen molar-refractivity contribution >= 4 is 23.2 Å². The van der Waals surface area contributed by atoms with Gasteiger partial charge in [0.25, 0.3) is 5.91 Å². The van der Waals surface area contributed by atoms with Gasteiger partial charge < -0.3 is 15.2 Å². The normalized spacial score (nSPS) is 12.2. The number of thiophene rings is 1. The molecule has 0 fully saturated rings. The Hall–Kier alpha value is -1.56. The Kier molecular flexibility index (Phi) is 4.51. The fourth-order valence-corrected chi connectivity index (χ4v) is 2.03. The number of methoxy groups -OCH3 is 1. The smallest absolute Gasteiger partial charge is 0.326 e. The lowest BCUT2D eigenvalue weighted by Crippen LogP contribution is -2.44. The van der Waals surface area contributed by atoms with Crippen LogP contribution < -0.4 is 10.1 Å². The van der Waals surface area contributed by atoms with Crippen molar-refractivity contribution in [2.75, 3.05) is 7.11 Å². The Balaban J connectivity index is 2.73. The van der Waals surface area contributed by atoms with E-state index in [2.05, 4.69) is 5.32 Å². The number of hydrogen-bond donors (Lipinski definition) is 2. The Morgan fingerprint density at radius 1 is 1.47 bits per heavy atom. The molecule has 1 heterocycles. The Labute approximate surface area is 103 Å². The molecule has 0 aliphatic carbocycles. The lowest BCUT2D eigenvalue weighted by atomic mass is 10.0. The highest BCUT2D eigenvalue weighted by molar-refractivity contribution is 7.12. The molecule has 6 heteroatoms. The fraction of sp³-hybridized carbons (Fsp3) is 0.455.